The van der Waals surface area contributed by atoms with E-state index in [-0.39, 0.29) is 36.3 Å². The number of halogens is 5. The minimum atomic E-state index is -4.77. The van der Waals surface area contributed by atoms with Gasteiger partial charge in [0, 0.05) is 17.8 Å². The van der Waals surface area contributed by atoms with Crippen molar-refractivity contribution in [3.8, 4) is 0 Å². The number of amides is 2. The van der Waals surface area contributed by atoms with Crippen LogP contribution in [0.25, 0.3) is 0 Å². The molecule has 0 saturated carbocycles. The van der Waals surface area contributed by atoms with E-state index in [2.05, 4.69) is 20.6 Å². The highest BCUT2D eigenvalue weighted by atomic mass is 19.4. The van der Waals surface area contributed by atoms with Crippen LogP contribution in [0.5, 0.6) is 0 Å². The van der Waals surface area contributed by atoms with E-state index in [1.165, 1.54) is 0 Å². The zero-order valence-corrected chi connectivity index (χ0v) is 15.9. The summed E-state index contributed by atoms with van der Waals surface area (Å²) in [6.45, 7) is 0.440. The lowest BCUT2D eigenvalue weighted by atomic mass is 10.0. The molecule has 2 amide bonds. The van der Waals surface area contributed by atoms with E-state index in [4.69, 9.17) is 4.74 Å². The van der Waals surface area contributed by atoms with Crippen molar-refractivity contribution in [3.05, 3.63) is 52.6 Å². The maximum Gasteiger partial charge on any atom is 0.422 e. The molecule has 2 aliphatic rings. The molecule has 0 radical (unpaired) electrons. The van der Waals surface area contributed by atoms with Gasteiger partial charge in [-0.1, -0.05) is 0 Å². The smallest absolute Gasteiger partial charge is 0.355 e. The number of nitrogens with one attached hydrogen (secondary N) is 2. The van der Waals surface area contributed by atoms with Gasteiger partial charge in [-0.05, 0) is 31.4 Å². The summed E-state index contributed by atoms with van der Waals surface area (Å²) in [4.78, 5) is 32.5. The number of ether oxygens (including phenoxy) is 1. The van der Waals surface area contributed by atoms with Gasteiger partial charge in [0.1, 0.15) is 17.7 Å². The van der Waals surface area contributed by atoms with Gasteiger partial charge in [0.25, 0.3) is 5.91 Å². The van der Waals surface area contributed by atoms with Crippen LogP contribution < -0.4 is 10.6 Å². The minimum Gasteiger partial charge on any atom is -0.355 e. The first-order valence-electron chi connectivity index (χ1n) is 9.16. The fraction of sp³-hybridized carbons (Fsp3) is 0.368. The molecule has 0 spiro atoms. The Morgan fingerprint density at radius 3 is 2.74 bits per heavy atom. The number of aromatic nitrogens is 2. The monoisotopic (exact) mass is 442 g/mol. The van der Waals surface area contributed by atoms with Gasteiger partial charge in [-0.3, -0.25) is 9.59 Å². The van der Waals surface area contributed by atoms with Gasteiger partial charge in [-0.25, -0.2) is 18.7 Å². The second-order valence-electron chi connectivity index (χ2n) is 7.36. The van der Waals surface area contributed by atoms with Crippen molar-refractivity contribution < 1.29 is 36.3 Å². The lowest BCUT2D eigenvalue weighted by molar-refractivity contribution is -0.273. The highest BCUT2D eigenvalue weighted by molar-refractivity contribution is 6.00. The summed E-state index contributed by atoms with van der Waals surface area (Å²) < 4.78 is 72.5. The van der Waals surface area contributed by atoms with Crippen LogP contribution >= 0.6 is 0 Å². The van der Waals surface area contributed by atoms with Crippen molar-refractivity contribution in [2.45, 2.75) is 44.2 Å². The molecule has 12 heteroatoms. The lowest BCUT2D eigenvalue weighted by Crippen LogP contribution is -2.44. The van der Waals surface area contributed by atoms with E-state index >= 15 is 0 Å². The van der Waals surface area contributed by atoms with Gasteiger partial charge < -0.3 is 15.4 Å². The van der Waals surface area contributed by atoms with Crippen LogP contribution in [-0.2, 0) is 28.2 Å². The van der Waals surface area contributed by atoms with Gasteiger partial charge in [-0.15, -0.1) is 0 Å². The summed E-state index contributed by atoms with van der Waals surface area (Å²) >= 11 is 0. The van der Waals surface area contributed by atoms with Gasteiger partial charge in [0.2, 0.25) is 17.3 Å². The first-order valence-corrected chi connectivity index (χ1v) is 9.16. The number of carbonyl (C=O) groups is 2. The third-order valence-corrected chi connectivity index (χ3v) is 5.29. The maximum atomic E-state index is 14.0. The summed E-state index contributed by atoms with van der Waals surface area (Å²) in [5.74, 6) is -4.09. The SMILES string of the molecule is C[C@]1(C(F)(F)F)OCc2cnc(C(=O)N[C@H]3CCc4cc(F)cc(F)c4NC3=O)nc21. The summed E-state index contributed by atoms with van der Waals surface area (Å²) in [7, 11) is 0. The van der Waals surface area contributed by atoms with Crippen LogP contribution in [0.2, 0.25) is 0 Å². The number of benzene rings is 1. The molecule has 1 aromatic carbocycles. The van der Waals surface area contributed by atoms with Gasteiger partial charge >= 0.3 is 6.18 Å². The number of anilines is 1. The molecule has 0 bridgehead atoms. The Morgan fingerprint density at radius 2 is 2.03 bits per heavy atom. The first kappa shape index (κ1) is 21.1. The highest BCUT2D eigenvalue weighted by Gasteiger charge is 2.58. The first-order chi connectivity index (χ1) is 14.5. The zero-order valence-electron chi connectivity index (χ0n) is 15.9. The third kappa shape index (κ3) is 3.60. The largest absolute Gasteiger partial charge is 0.422 e. The van der Waals surface area contributed by atoms with Crippen molar-refractivity contribution in [1.82, 2.24) is 15.3 Å². The number of alkyl halides is 3. The van der Waals surface area contributed by atoms with Crippen molar-refractivity contribution in [1.29, 1.82) is 0 Å². The molecule has 164 valence electrons. The number of nitrogens with zero attached hydrogens (tertiary/aromatic N) is 2. The fourth-order valence-corrected chi connectivity index (χ4v) is 3.51. The molecule has 0 fully saturated rings. The second-order valence-corrected chi connectivity index (χ2v) is 7.36. The van der Waals surface area contributed by atoms with Crippen LogP contribution in [0.4, 0.5) is 27.6 Å². The fourth-order valence-electron chi connectivity index (χ4n) is 3.51. The van der Waals surface area contributed by atoms with E-state index in [1.54, 1.807) is 0 Å². The Hall–Kier alpha value is -3.15. The van der Waals surface area contributed by atoms with Gasteiger partial charge in [0.05, 0.1) is 18.0 Å². The molecule has 0 saturated heterocycles. The van der Waals surface area contributed by atoms with Crippen molar-refractivity contribution in [2.75, 3.05) is 5.32 Å². The van der Waals surface area contributed by atoms with E-state index in [1.807, 2.05) is 0 Å². The zero-order chi connectivity index (χ0) is 22.6. The number of carbonyl (C=O) groups excluding carboxylic acids is 2. The quantitative estimate of drug-likeness (QED) is 0.698. The average molecular weight is 442 g/mol. The van der Waals surface area contributed by atoms with E-state index in [9.17, 15) is 31.5 Å². The predicted octanol–water partition coefficient (Wildman–Crippen LogP) is 2.75. The number of fused-ring (bicyclic) bond motifs is 2. The predicted molar refractivity (Wildman–Crippen MR) is 94.8 cm³/mol. The molecule has 4 rings (SSSR count). The normalized spacial score (nSPS) is 22.9. The molecule has 0 unspecified atom stereocenters. The topological polar surface area (TPSA) is 93.2 Å². The Morgan fingerprint density at radius 1 is 1.29 bits per heavy atom. The summed E-state index contributed by atoms with van der Waals surface area (Å²) in [6.07, 6.45) is -3.64. The summed E-state index contributed by atoms with van der Waals surface area (Å²) in [6, 6.07) is 0.533. The Labute approximate surface area is 172 Å². The molecule has 2 N–H and O–H groups in total. The summed E-state index contributed by atoms with van der Waals surface area (Å²) in [5, 5.41) is 4.63. The van der Waals surface area contributed by atoms with Crippen LogP contribution in [0.1, 0.15) is 40.8 Å². The highest BCUT2D eigenvalue weighted by Crippen LogP contribution is 2.46. The van der Waals surface area contributed by atoms with Crippen LogP contribution in [0.15, 0.2) is 18.3 Å². The molecule has 0 aliphatic carbocycles. The van der Waals surface area contributed by atoms with Crippen LogP contribution in [0.3, 0.4) is 0 Å². The van der Waals surface area contributed by atoms with Crippen LogP contribution in [-0.4, -0.2) is 34.0 Å². The number of hydrogen-bond donors (Lipinski definition) is 2. The molecular weight excluding hydrogens is 427 g/mol. The summed E-state index contributed by atoms with van der Waals surface area (Å²) in [5.41, 5.74) is -3.04. The standard InChI is InChI=1S/C19H15F5N4O3/c1-18(19(22,23)24)14-9(7-31-18)6-25-15(28-14)17(30)26-12-3-2-8-4-10(20)5-11(21)13(8)27-16(12)29/h4-6,12H,2-3,7H2,1H3,(H,26,30)(H,27,29)/t12-,18-/m0/s1. The van der Waals surface area contributed by atoms with E-state index in [0.717, 1.165) is 19.2 Å². The minimum absolute atomic E-state index is 0.00177. The van der Waals surface area contributed by atoms with E-state index < -0.39 is 52.8 Å². The Kier molecular flexibility index (Phi) is 4.91. The second kappa shape index (κ2) is 7.22. The van der Waals surface area contributed by atoms with Crippen molar-refractivity contribution in [2.24, 2.45) is 0 Å². The molecule has 7 nitrogen and oxygen atoms in total. The Bertz CT molecular complexity index is 1090. The van der Waals surface area contributed by atoms with Gasteiger partial charge in [0.15, 0.2) is 0 Å². The molecule has 3 heterocycles. The molecular formula is C19H15F5N4O3. The molecule has 2 aliphatic heterocycles. The molecule has 1 aromatic heterocycles. The molecule has 2 atom stereocenters. The third-order valence-electron chi connectivity index (χ3n) is 5.29. The number of rotatable bonds is 2. The van der Waals surface area contributed by atoms with Gasteiger partial charge in [-0.2, -0.15) is 13.2 Å². The Balaban J connectivity index is 1.55. The average Bonchev–Trinajstić information content (AvgIpc) is 2.96. The van der Waals surface area contributed by atoms with Crippen molar-refractivity contribution in [3.63, 3.8) is 0 Å². The maximum absolute atomic E-state index is 14.0. The lowest BCUT2D eigenvalue weighted by Gasteiger charge is -2.26. The molecule has 2 aromatic rings. The number of hydrogen-bond acceptors (Lipinski definition) is 5. The molecule has 31 heavy (non-hydrogen) atoms. The number of aryl methyl sites for hydroxylation is 1. The van der Waals surface area contributed by atoms with E-state index in [0.29, 0.717) is 6.07 Å². The van der Waals surface area contributed by atoms with Crippen molar-refractivity contribution >= 4 is 17.5 Å². The van der Waals surface area contributed by atoms with Crippen LogP contribution in [0, 0.1) is 11.6 Å².